The molecule has 6 nitrogen and oxygen atoms in total. The van der Waals surface area contributed by atoms with Gasteiger partial charge < -0.3 is 10.1 Å². The second-order valence-corrected chi connectivity index (χ2v) is 7.51. The van der Waals surface area contributed by atoms with Gasteiger partial charge in [0.05, 0.1) is 6.10 Å². The van der Waals surface area contributed by atoms with Crippen molar-refractivity contribution in [3.05, 3.63) is 22.6 Å². The molecule has 0 aliphatic heterocycles. The first kappa shape index (κ1) is 15.1. The van der Waals surface area contributed by atoms with Crippen molar-refractivity contribution >= 4 is 21.4 Å². The summed E-state index contributed by atoms with van der Waals surface area (Å²) >= 11 is 1.44. The number of rotatable bonds is 4. The van der Waals surface area contributed by atoms with E-state index in [1.807, 2.05) is 0 Å². The second-order valence-electron chi connectivity index (χ2n) is 6.56. The molecule has 1 spiro atoms. The molecule has 2 aliphatic carbocycles. The predicted octanol–water partition coefficient (Wildman–Crippen LogP) is 2.69. The average Bonchev–Trinajstić information content (AvgIpc) is 2.99. The maximum atomic E-state index is 11.8. The fourth-order valence-corrected chi connectivity index (χ4v) is 5.04. The standard InChI is InChI=1S/C16H22N4O2S/c1-2-22-12-10-11(16(12)7-4-3-5-8-16)18-14-19-20-13(21)6-9-17-15(20)23-14/h6,9,11-12H,2-5,7-8,10H2,1H3,(H,18,19)/t11-,12+/m0/s1. The van der Waals surface area contributed by atoms with Crippen LogP contribution in [-0.4, -0.2) is 33.4 Å². The number of nitrogens with zero attached hydrogens (tertiary/aromatic N) is 3. The van der Waals surface area contributed by atoms with Gasteiger partial charge >= 0.3 is 0 Å². The lowest BCUT2D eigenvalue weighted by Gasteiger charge is -2.57. The molecule has 0 unspecified atom stereocenters. The van der Waals surface area contributed by atoms with Crippen LogP contribution in [0.1, 0.15) is 45.4 Å². The third-order valence-corrected chi connectivity index (χ3v) is 6.26. The summed E-state index contributed by atoms with van der Waals surface area (Å²) in [5.74, 6) is 0. The minimum Gasteiger partial charge on any atom is -0.378 e. The Morgan fingerprint density at radius 3 is 3.00 bits per heavy atom. The molecule has 0 saturated heterocycles. The van der Waals surface area contributed by atoms with Crippen LogP contribution in [0.25, 0.3) is 4.96 Å². The molecule has 0 amide bonds. The Morgan fingerprint density at radius 1 is 1.43 bits per heavy atom. The molecule has 2 aromatic rings. The van der Waals surface area contributed by atoms with E-state index in [-0.39, 0.29) is 11.0 Å². The lowest BCUT2D eigenvalue weighted by molar-refractivity contribution is -0.134. The Hall–Kier alpha value is -1.47. The molecule has 4 rings (SSSR count). The molecule has 0 bridgehead atoms. The first-order valence-corrected chi connectivity index (χ1v) is 9.27. The van der Waals surface area contributed by atoms with Crippen LogP contribution >= 0.6 is 11.3 Å². The number of fused-ring (bicyclic) bond motifs is 1. The van der Waals surface area contributed by atoms with Gasteiger partial charge in [0, 0.05) is 30.3 Å². The van der Waals surface area contributed by atoms with Crippen LogP contribution in [0.3, 0.4) is 0 Å². The zero-order valence-electron chi connectivity index (χ0n) is 13.3. The molecule has 2 atom stereocenters. The molecular formula is C16H22N4O2S. The predicted molar refractivity (Wildman–Crippen MR) is 90.1 cm³/mol. The van der Waals surface area contributed by atoms with Crippen LogP contribution in [0.5, 0.6) is 0 Å². The molecule has 0 aromatic carbocycles. The maximum absolute atomic E-state index is 11.8. The van der Waals surface area contributed by atoms with Crippen LogP contribution < -0.4 is 10.9 Å². The third kappa shape index (κ3) is 2.46. The van der Waals surface area contributed by atoms with E-state index < -0.39 is 0 Å². The van der Waals surface area contributed by atoms with E-state index in [0.717, 1.165) is 18.2 Å². The monoisotopic (exact) mass is 334 g/mol. The summed E-state index contributed by atoms with van der Waals surface area (Å²) in [6, 6.07) is 1.82. The summed E-state index contributed by atoms with van der Waals surface area (Å²) in [4.78, 5) is 16.7. The molecule has 1 N–H and O–H groups in total. The quantitative estimate of drug-likeness (QED) is 0.931. The highest BCUT2D eigenvalue weighted by Gasteiger charge is 2.55. The fraction of sp³-hybridized carbons (Fsp3) is 0.688. The number of hydrogen-bond acceptors (Lipinski definition) is 6. The minimum atomic E-state index is -0.132. The molecule has 0 radical (unpaired) electrons. The fourth-order valence-electron chi connectivity index (χ4n) is 4.22. The highest BCUT2D eigenvalue weighted by molar-refractivity contribution is 7.20. The van der Waals surface area contributed by atoms with E-state index in [2.05, 4.69) is 22.3 Å². The van der Waals surface area contributed by atoms with Crippen molar-refractivity contribution in [1.82, 2.24) is 14.6 Å². The highest BCUT2D eigenvalue weighted by atomic mass is 32.1. The van der Waals surface area contributed by atoms with Gasteiger partial charge in [-0.1, -0.05) is 30.6 Å². The Morgan fingerprint density at radius 2 is 2.26 bits per heavy atom. The van der Waals surface area contributed by atoms with Crippen molar-refractivity contribution in [3.63, 3.8) is 0 Å². The Labute approximate surface area is 138 Å². The van der Waals surface area contributed by atoms with Crippen molar-refractivity contribution < 1.29 is 4.74 Å². The molecular weight excluding hydrogens is 312 g/mol. The summed E-state index contributed by atoms with van der Waals surface area (Å²) in [5.41, 5.74) is 0.109. The van der Waals surface area contributed by atoms with E-state index in [1.54, 1.807) is 0 Å². The van der Waals surface area contributed by atoms with Crippen molar-refractivity contribution in [2.45, 2.75) is 57.6 Å². The van der Waals surface area contributed by atoms with Crippen molar-refractivity contribution in [2.24, 2.45) is 5.41 Å². The van der Waals surface area contributed by atoms with Gasteiger partial charge in [0.15, 0.2) is 0 Å². The summed E-state index contributed by atoms with van der Waals surface area (Å²) in [7, 11) is 0. The molecule has 7 heteroatoms. The van der Waals surface area contributed by atoms with E-state index in [4.69, 9.17) is 4.74 Å². The van der Waals surface area contributed by atoms with Gasteiger partial charge in [-0.3, -0.25) is 4.79 Å². The van der Waals surface area contributed by atoms with Crippen LogP contribution in [-0.2, 0) is 4.74 Å². The summed E-state index contributed by atoms with van der Waals surface area (Å²) < 4.78 is 7.37. The first-order valence-electron chi connectivity index (χ1n) is 8.46. The Balaban J connectivity index is 1.57. The van der Waals surface area contributed by atoms with Gasteiger partial charge in [-0.05, 0) is 26.2 Å². The van der Waals surface area contributed by atoms with E-state index in [9.17, 15) is 4.79 Å². The maximum Gasteiger partial charge on any atom is 0.275 e. The minimum absolute atomic E-state index is 0.132. The SMILES string of the molecule is CCO[C@@H]1C[C@H](Nc2nn3c(=O)ccnc3s2)C12CCCCC2. The summed E-state index contributed by atoms with van der Waals surface area (Å²) in [6.45, 7) is 2.85. The molecule has 23 heavy (non-hydrogen) atoms. The molecule has 2 heterocycles. The number of hydrogen-bond donors (Lipinski definition) is 1. The van der Waals surface area contributed by atoms with Crippen molar-refractivity contribution in [1.29, 1.82) is 0 Å². The number of aromatic nitrogens is 3. The Bertz CT molecular complexity index is 750. The van der Waals surface area contributed by atoms with Gasteiger partial charge in [-0.2, -0.15) is 4.52 Å². The smallest absolute Gasteiger partial charge is 0.275 e. The van der Waals surface area contributed by atoms with Crippen LogP contribution in [0.15, 0.2) is 17.1 Å². The zero-order chi connectivity index (χ0) is 15.9. The molecule has 2 fully saturated rings. The third-order valence-electron chi connectivity index (χ3n) is 5.41. The number of nitrogens with one attached hydrogen (secondary N) is 1. The van der Waals surface area contributed by atoms with Gasteiger partial charge in [-0.25, -0.2) is 4.98 Å². The summed E-state index contributed by atoms with van der Waals surface area (Å²) in [5, 5.41) is 8.75. The molecule has 2 saturated carbocycles. The number of ether oxygens (including phenoxy) is 1. The van der Waals surface area contributed by atoms with Crippen molar-refractivity contribution in [2.75, 3.05) is 11.9 Å². The van der Waals surface area contributed by atoms with Crippen LogP contribution in [0, 0.1) is 5.41 Å². The van der Waals surface area contributed by atoms with E-state index in [0.29, 0.717) is 17.1 Å². The largest absolute Gasteiger partial charge is 0.378 e. The lowest BCUT2D eigenvalue weighted by atomic mass is 9.55. The average molecular weight is 334 g/mol. The van der Waals surface area contributed by atoms with E-state index >= 15 is 0 Å². The highest BCUT2D eigenvalue weighted by Crippen LogP contribution is 2.54. The first-order chi connectivity index (χ1) is 11.2. The normalized spacial score (nSPS) is 26.3. The lowest BCUT2D eigenvalue weighted by Crippen LogP contribution is -2.62. The topological polar surface area (TPSA) is 68.5 Å². The van der Waals surface area contributed by atoms with Crippen molar-refractivity contribution in [3.8, 4) is 0 Å². The van der Waals surface area contributed by atoms with Gasteiger partial charge in [0.25, 0.3) is 5.56 Å². The zero-order valence-corrected chi connectivity index (χ0v) is 14.1. The van der Waals surface area contributed by atoms with E-state index in [1.165, 1.54) is 60.2 Å². The number of anilines is 1. The second kappa shape index (κ2) is 5.87. The molecule has 124 valence electrons. The molecule has 2 aromatic heterocycles. The Kier molecular flexibility index (Phi) is 3.85. The van der Waals surface area contributed by atoms with Gasteiger partial charge in [0.2, 0.25) is 10.1 Å². The van der Waals surface area contributed by atoms with Gasteiger partial charge in [0.1, 0.15) is 0 Å². The molecule has 2 aliphatic rings. The van der Waals surface area contributed by atoms with Crippen LogP contribution in [0.4, 0.5) is 5.13 Å². The van der Waals surface area contributed by atoms with Crippen LogP contribution in [0.2, 0.25) is 0 Å². The summed E-state index contributed by atoms with van der Waals surface area (Å²) in [6.07, 6.45) is 9.25. The van der Waals surface area contributed by atoms with Gasteiger partial charge in [-0.15, -0.1) is 5.10 Å².